The highest BCUT2D eigenvalue weighted by molar-refractivity contribution is 5.97. The smallest absolute Gasteiger partial charge is 0.310 e. The molecule has 0 radical (unpaired) electrons. The number of carboxylic acid groups (broad SMARTS) is 1. The summed E-state index contributed by atoms with van der Waals surface area (Å²) in [6.45, 7) is 0. The fourth-order valence-electron chi connectivity index (χ4n) is 1.90. The maximum absolute atomic E-state index is 11.8. The number of carbonyl (C=O) groups is 2. The lowest BCUT2D eigenvalue weighted by Gasteiger charge is -2.12. The van der Waals surface area contributed by atoms with Crippen LogP contribution in [0.5, 0.6) is 5.75 Å². The van der Waals surface area contributed by atoms with Crippen LogP contribution < -0.4 is 5.32 Å². The van der Waals surface area contributed by atoms with Crippen molar-refractivity contribution in [1.82, 2.24) is 5.32 Å². The summed E-state index contributed by atoms with van der Waals surface area (Å²) in [5.41, 5.74) is 0.185. The van der Waals surface area contributed by atoms with Crippen molar-refractivity contribution < 1.29 is 19.8 Å². The van der Waals surface area contributed by atoms with Gasteiger partial charge in [-0.3, -0.25) is 9.59 Å². The lowest BCUT2D eigenvalue weighted by Crippen LogP contribution is -2.33. The zero-order valence-electron chi connectivity index (χ0n) is 9.54. The van der Waals surface area contributed by atoms with E-state index in [-0.39, 0.29) is 17.4 Å². The summed E-state index contributed by atoms with van der Waals surface area (Å²) in [5.74, 6) is -1.95. The third-order valence-corrected chi connectivity index (χ3v) is 2.87. The Morgan fingerprint density at radius 3 is 2.56 bits per heavy atom. The number of hydrogen-bond acceptors (Lipinski definition) is 3. The molecule has 0 bridgehead atoms. The molecule has 0 saturated carbocycles. The molecule has 0 heterocycles. The Bertz CT molecular complexity index is 509. The van der Waals surface area contributed by atoms with E-state index in [9.17, 15) is 14.7 Å². The molecule has 5 heteroatoms. The first kappa shape index (κ1) is 12.2. The molecule has 1 aliphatic rings. The highest BCUT2D eigenvalue weighted by atomic mass is 16.4. The van der Waals surface area contributed by atoms with E-state index in [4.69, 9.17) is 5.11 Å². The Kier molecular flexibility index (Phi) is 3.32. The van der Waals surface area contributed by atoms with E-state index in [0.29, 0.717) is 6.42 Å². The summed E-state index contributed by atoms with van der Waals surface area (Å²) in [7, 11) is 0. The van der Waals surface area contributed by atoms with E-state index in [1.54, 1.807) is 24.3 Å². The van der Waals surface area contributed by atoms with Crippen molar-refractivity contribution in [2.75, 3.05) is 0 Å². The molecule has 5 nitrogen and oxygen atoms in total. The van der Waals surface area contributed by atoms with Crippen LogP contribution in [0.15, 0.2) is 36.4 Å². The summed E-state index contributed by atoms with van der Waals surface area (Å²) in [6, 6.07) is 5.91. The number of aromatic hydroxyl groups is 1. The molecule has 1 aromatic carbocycles. The zero-order chi connectivity index (χ0) is 13.1. The third-order valence-electron chi connectivity index (χ3n) is 2.87. The van der Waals surface area contributed by atoms with E-state index in [0.717, 1.165) is 0 Å². The van der Waals surface area contributed by atoms with Gasteiger partial charge in [0.25, 0.3) is 5.91 Å². The van der Waals surface area contributed by atoms with E-state index < -0.39 is 17.8 Å². The van der Waals surface area contributed by atoms with Crippen LogP contribution >= 0.6 is 0 Å². The van der Waals surface area contributed by atoms with Gasteiger partial charge in [-0.05, 0) is 18.6 Å². The van der Waals surface area contributed by atoms with Gasteiger partial charge >= 0.3 is 5.97 Å². The molecule has 0 fully saturated rings. The summed E-state index contributed by atoms with van der Waals surface area (Å²) < 4.78 is 0. The maximum Gasteiger partial charge on any atom is 0.310 e. The van der Waals surface area contributed by atoms with Crippen LogP contribution in [0.4, 0.5) is 0 Å². The van der Waals surface area contributed by atoms with Crippen LogP contribution in [0.2, 0.25) is 0 Å². The lowest BCUT2D eigenvalue weighted by atomic mass is 10.1. The molecule has 2 rings (SSSR count). The van der Waals surface area contributed by atoms with Gasteiger partial charge in [-0.25, -0.2) is 0 Å². The Hall–Kier alpha value is -2.30. The van der Waals surface area contributed by atoms with Crippen molar-refractivity contribution in [1.29, 1.82) is 0 Å². The molecule has 1 aliphatic carbocycles. The molecule has 1 aromatic rings. The Morgan fingerprint density at radius 1 is 1.22 bits per heavy atom. The van der Waals surface area contributed by atoms with Gasteiger partial charge in [0.2, 0.25) is 0 Å². The standard InChI is InChI=1S/C13H13NO4/c15-11-4-2-1-3-10(11)12(16)14-9-6-5-8(7-9)13(17)18/h1-6,8-9,15H,7H2,(H,14,16)(H,17,18). The van der Waals surface area contributed by atoms with Crippen LogP contribution in [0, 0.1) is 5.92 Å². The molecule has 3 N–H and O–H groups in total. The van der Waals surface area contributed by atoms with Crippen LogP contribution in [-0.2, 0) is 4.79 Å². The fraction of sp³-hybridized carbons (Fsp3) is 0.231. The molecule has 0 saturated heterocycles. The molecule has 1 amide bonds. The number of para-hydroxylation sites is 1. The second kappa shape index (κ2) is 4.91. The SMILES string of the molecule is O=C(NC1C=CC(C(=O)O)C1)c1ccccc1O. The second-order valence-electron chi connectivity index (χ2n) is 4.16. The van der Waals surface area contributed by atoms with E-state index in [2.05, 4.69) is 5.32 Å². The number of phenols is 1. The van der Waals surface area contributed by atoms with Gasteiger partial charge in [-0.15, -0.1) is 0 Å². The Labute approximate surface area is 104 Å². The number of hydrogen-bond donors (Lipinski definition) is 3. The van der Waals surface area contributed by atoms with Gasteiger partial charge in [-0.1, -0.05) is 24.3 Å². The van der Waals surface area contributed by atoms with Crippen molar-refractivity contribution in [2.45, 2.75) is 12.5 Å². The van der Waals surface area contributed by atoms with Crippen LogP contribution in [-0.4, -0.2) is 28.1 Å². The number of carbonyl (C=O) groups excluding carboxylic acids is 1. The van der Waals surface area contributed by atoms with E-state index in [1.165, 1.54) is 12.1 Å². The van der Waals surface area contributed by atoms with Gasteiger partial charge in [0.1, 0.15) is 5.75 Å². The molecule has 2 unspecified atom stereocenters. The van der Waals surface area contributed by atoms with Gasteiger partial charge < -0.3 is 15.5 Å². The highest BCUT2D eigenvalue weighted by Gasteiger charge is 2.26. The van der Waals surface area contributed by atoms with Gasteiger partial charge in [0.15, 0.2) is 0 Å². The molecule has 0 spiro atoms. The minimum atomic E-state index is -0.898. The molecule has 18 heavy (non-hydrogen) atoms. The number of rotatable bonds is 3. The zero-order valence-corrected chi connectivity index (χ0v) is 9.54. The minimum Gasteiger partial charge on any atom is -0.507 e. The van der Waals surface area contributed by atoms with Crippen molar-refractivity contribution in [3.05, 3.63) is 42.0 Å². The van der Waals surface area contributed by atoms with Crippen molar-refractivity contribution in [3.63, 3.8) is 0 Å². The molecule has 94 valence electrons. The molecule has 2 atom stereocenters. The first-order valence-electron chi connectivity index (χ1n) is 5.58. The lowest BCUT2D eigenvalue weighted by molar-refractivity contribution is -0.140. The Morgan fingerprint density at radius 2 is 1.94 bits per heavy atom. The first-order chi connectivity index (χ1) is 8.58. The molecular formula is C13H13NO4. The van der Waals surface area contributed by atoms with Gasteiger partial charge in [-0.2, -0.15) is 0 Å². The van der Waals surface area contributed by atoms with Crippen LogP contribution in [0.25, 0.3) is 0 Å². The second-order valence-corrected chi connectivity index (χ2v) is 4.16. The predicted octanol–water partition coefficient (Wildman–Crippen LogP) is 1.15. The third kappa shape index (κ3) is 2.51. The largest absolute Gasteiger partial charge is 0.507 e. The summed E-state index contributed by atoms with van der Waals surface area (Å²) in [6.07, 6.45) is 3.57. The van der Waals surface area contributed by atoms with Crippen molar-refractivity contribution >= 4 is 11.9 Å². The quantitative estimate of drug-likeness (QED) is 0.699. The highest BCUT2D eigenvalue weighted by Crippen LogP contribution is 2.20. The van der Waals surface area contributed by atoms with Crippen LogP contribution in [0.3, 0.4) is 0 Å². The van der Waals surface area contributed by atoms with E-state index in [1.807, 2.05) is 0 Å². The Balaban J connectivity index is 2.00. The predicted molar refractivity (Wildman–Crippen MR) is 64.2 cm³/mol. The number of aliphatic carboxylic acids is 1. The van der Waals surface area contributed by atoms with Gasteiger partial charge in [0.05, 0.1) is 11.5 Å². The summed E-state index contributed by atoms with van der Waals surface area (Å²) >= 11 is 0. The fourth-order valence-corrected chi connectivity index (χ4v) is 1.90. The van der Waals surface area contributed by atoms with Gasteiger partial charge in [0, 0.05) is 6.04 Å². The monoisotopic (exact) mass is 247 g/mol. The number of amides is 1. The molecule has 0 aliphatic heterocycles. The number of phenolic OH excluding ortho intramolecular Hbond substituents is 1. The molecular weight excluding hydrogens is 234 g/mol. The topological polar surface area (TPSA) is 86.6 Å². The normalized spacial score (nSPS) is 21.8. The number of carboxylic acids is 1. The summed E-state index contributed by atoms with van der Waals surface area (Å²) in [5, 5.41) is 21.0. The maximum atomic E-state index is 11.8. The van der Waals surface area contributed by atoms with Crippen LogP contribution in [0.1, 0.15) is 16.8 Å². The minimum absolute atomic E-state index is 0.0910. The van der Waals surface area contributed by atoms with Crippen molar-refractivity contribution in [3.8, 4) is 5.75 Å². The van der Waals surface area contributed by atoms with Crippen molar-refractivity contribution in [2.24, 2.45) is 5.92 Å². The van der Waals surface area contributed by atoms with E-state index >= 15 is 0 Å². The average Bonchev–Trinajstić information content (AvgIpc) is 2.78. The average molecular weight is 247 g/mol. The summed E-state index contributed by atoms with van der Waals surface area (Å²) in [4.78, 5) is 22.6. The molecule has 0 aromatic heterocycles. The first-order valence-corrected chi connectivity index (χ1v) is 5.58. The number of benzene rings is 1. The number of nitrogens with one attached hydrogen (secondary N) is 1.